The zero-order valence-electron chi connectivity index (χ0n) is 10.7. The van der Waals surface area contributed by atoms with Gasteiger partial charge < -0.3 is 4.90 Å². The molecule has 0 aromatic carbocycles. The van der Waals surface area contributed by atoms with Crippen molar-refractivity contribution >= 4 is 5.91 Å². The molecule has 0 aliphatic carbocycles. The van der Waals surface area contributed by atoms with Crippen LogP contribution in [0.25, 0.3) is 0 Å². The average molecular weight is 211 g/mol. The first-order valence-electron chi connectivity index (χ1n) is 6.14. The first kappa shape index (κ1) is 12.5. The highest BCUT2D eigenvalue weighted by Gasteiger charge is 2.22. The Balaban J connectivity index is 2.34. The molecule has 1 fully saturated rings. The number of rotatable bonds is 2. The summed E-state index contributed by atoms with van der Waals surface area (Å²) < 4.78 is 0. The average Bonchev–Trinajstić information content (AvgIpc) is 2.14. The van der Waals surface area contributed by atoms with E-state index >= 15 is 0 Å². The highest BCUT2D eigenvalue weighted by molar-refractivity contribution is 5.73. The molecule has 0 N–H and O–H groups in total. The topological polar surface area (TPSA) is 20.3 Å². The van der Waals surface area contributed by atoms with Crippen LogP contribution >= 0.6 is 0 Å². The van der Waals surface area contributed by atoms with Gasteiger partial charge in [0.25, 0.3) is 0 Å². The summed E-state index contributed by atoms with van der Waals surface area (Å²) in [5, 5.41) is 0. The maximum Gasteiger partial charge on any atom is 0.219 e. The Bertz CT molecular complexity index is 217. The van der Waals surface area contributed by atoms with Crippen LogP contribution in [0.1, 0.15) is 53.4 Å². The second-order valence-corrected chi connectivity index (χ2v) is 6.07. The number of amides is 1. The molecule has 0 bridgehead atoms. The molecule has 1 unspecified atom stereocenters. The summed E-state index contributed by atoms with van der Waals surface area (Å²) >= 11 is 0. The van der Waals surface area contributed by atoms with E-state index in [1.54, 1.807) is 6.92 Å². The Labute approximate surface area is 94.0 Å². The van der Waals surface area contributed by atoms with Gasteiger partial charge in [0.1, 0.15) is 0 Å². The van der Waals surface area contributed by atoms with Gasteiger partial charge >= 0.3 is 0 Å². The molecule has 0 aromatic rings. The quantitative estimate of drug-likeness (QED) is 0.687. The van der Waals surface area contributed by atoms with E-state index in [4.69, 9.17) is 0 Å². The van der Waals surface area contributed by atoms with Crippen LogP contribution in [-0.4, -0.2) is 23.9 Å². The summed E-state index contributed by atoms with van der Waals surface area (Å²) in [5.74, 6) is 0.984. The van der Waals surface area contributed by atoms with E-state index in [1.807, 2.05) is 4.90 Å². The molecule has 1 amide bonds. The predicted octanol–water partition coefficient (Wildman–Crippen LogP) is 3.07. The molecule has 1 aliphatic rings. The molecular weight excluding hydrogens is 186 g/mol. The predicted molar refractivity (Wildman–Crippen MR) is 63.7 cm³/mol. The van der Waals surface area contributed by atoms with Gasteiger partial charge in [0.15, 0.2) is 0 Å². The fourth-order valence-corrected chi connectivity index (χ4v) is 2.22. The van der Waals surface area contributed by atoms with E-state index in [1.165, 1.54) is 25.7 Å². The van der Waals surface area contributed by atoms with Crippen molar-refractivity contribution in [1.82, 2.24) is 4.90 Å². The van der Waals surface area contributed by atoms with Gasteiger partial charge in [0.2, 0.25) is 5.91 Å². The van der Waals surface area contributed by atoms with Crippen LogP contribution in [0.15, 0.2) is 0 Å². The van der Waals surface area contributed by atoms with Crippen molar-refractivity contribution in [3.8, 4) is 0 Å². The molecule has 1 saturated heterocycles. The van der Waals surface area contributed by atoms with Crippen molar-refractivity contribution in [1.29, 1.82) is 0 Å². The fraction of sp³-hybridized carbons (Fsp3) is 0.923. The summed E-state index contributed by atoms with van der Waals surface area (Å²) in [6.07, 6.45) is 5.03. The molecule has 1 atom stereocenters. The third-order valence-corrected chi connectivity index (χ3v) is 3.27. The number of hydrogen-bond acceptors (Lipinski definition) is 1. The molecule has 1 aliphatic heterocycles. The van der Waals surface area contributed by atoms with E-state index in [0.717, 1.165) is 19.0 Å². The number of carbonyl (C=O) groups is 1. The summed E-state index contributed by atoms with van der Waals surface area (Å²) in [6.45, 7) is 10.5. The SMILES string of the molecule is CC(=O)N1CCCC(CCC(C)(C)C)C1. The van der Waals surface area contributed by atoms with E-state index in [2.05, 4.69) is 20.8 Å². The van der Waals surface area contributed by atoms with Crippen molar-refractivity contribution in [2.45, 2.75) is 53.4 Å². The lowest BCUT2D eigenvalue weighted by molar-refractivity contribution is -0.130. The summed E-state index contributed by atoms with van der Waals surface area (Å²) in [6, 6.07) is 0. The Hall–Kier alpha value is -0.530. The summed E-state index contributed by atoms with van der Waals surface area (Å²) in [7, 11) is 0. The maximum absolute atomic E-state index is 11.3. The Morgan fingerprint density at radius 3 is 2.60 bits per heavy atom. The summed E-state index contributed by atoms with van der Waals surface area (Å²) in [5.41, 5.74) is 0.429. The third kappa shape index (κ3) is 4.67. The Morgan fingerprint density at radius 2 is 2.07 bits per heavy atom. The normalized spacial score (nSPS) is 22.9. The van der Waals surface area contributed by atoms with Crippen LogP contribution in [0.5, 0.6) is 0 Å². The van der Waals surface area contributed by atoms with E-state index < -0.39 is 0 Å². The minimum absolute atomic E-state index is 0.246. The van der Waals surface area contributed by atoms with Gasteiger partial charge in [-0.2, -0.15) is 0 Å². The third-order valence-electron chi connectivity index (χ3n) is 3.27. The fourth-order valence-electron chi connectivity index (χ4n) is 2.22. The molecule has 1 rings (SSSR count). The smallest absolute Gasteiger partial charge is 0.219 e. The molecular formula is C13H25NO. The molecule has 15 heavy (non-hydrogen) atoms. The second kappa shape index (κ2) is 5.00. The van der Waals surface area contributed by atoms with Crippen LogP contribution in [0.3, 0.4) is 0 Å². The highest BCUT2D eigenvalue weighted by atomic mass is 16.2. The minimum atomic E-state index is 0.246. The molecule has 0 spiro atoms. The molecule has 88 valence electrons. The standard InChI is InChI=1S/C13H25NO/c1-11(15)14-9-5-6-12(10-14)7-8-13(2,3)4/h12H,5-10H2,1-4H3. The zero-order valence-corrected chi connectivity index (χ0v) is 10.7. The number of carbonyl (C=O) groups excluding carboxylic acids is 1. The van der Waals surface area contributed by atoms with Crippen molar-refractivity contribution < 1.29 is 4.79 Å². The lowest BCUT2D eigenvalue weighted by atomic mass is 9.84. The van der Waals surface area contributed by atoms with Gasteiger partial charge in [-0.15, -0.1) is 0 Å². The number of hydrogen-bond donors (Lipinski definition) is 0. The Kier molecular flexibility index (Phi) is 4.18. The number of piperidine rings is 1. The molecule has 2 nitrogen and oxygen atoms in total. The molecule has 0 saturated carbocycles. The summed E-state index contributed by atoms with van der Waals surface area (Å²) in [4.78, 5) is 13.3. The van der Waals surface area contributed by atoms with E-state index in [-0.39, 0.29) is 5.91 Å². The van der Waals surface area contributed by atoms with Crippen molar-refractivity contribution in [2.24, 2.45) is 11.3 Å². The van der Waals surface area contributed by atoms with Gasteiger partial charge in [-0.3, -0.25) is 4.79 Å². The van der Waals surface area contributed by atoms with Crippen LogP contribution in [0, 0.1) is 11.3 Å². The van der Waals surface area contributed by atoms with Crippen LogP contribution in [-0.2, 0) is 4.79 Å². The van der Waals surface area contributed by atoms with Crippen molar-refractivity contribution in [2.75, 3.05) is 13.1 Å². The minimum Gasteiger partial charge on any atom is -0.343 e. The highest BCUT2D eigenvalue weighted by Crippen LogP contribution is 2.28. The number of likely N-dealkylation sites (tertiary alicyclic amines) is 1. The van der Waals surface area contributed by atoms with Gasteiger partial charge in [-0.1, -0.05) is 20.8 Å². The molecule has 0 aromatic heterocycles. The molecule has 2 heteroatoms. The van der Waals surface area contributed by atoms with E-state index in [0.29, 0.717) is 5.41 Å². The van der Waals surface area contributed by atoms with Gasteiger partial charge in [0.05, 0.1) is 0 Å². The van der Waals surface area contributed by atoms with Gasteiger partial charge in [0, 0.05) is 20.0 Å². The van der Waals surface area contributed by atoms with Crippen LogP contribution in [0.2, 0.25) is 0 Å². The van der Waals surface area contributed by atoms with Crippen LogP contribution in [0.4, 0.5) is 0 Å². The first-order valence-corrected chi connectivity index (χ1v) is 6.14. The van der Waals surface area contributed by atoms with Crippen molar-refractivity contribution in [3.63, 3.8) is 0 Å². The lowest BCUT2D eigenvalue weighted by Gasteiger charge is -2.33. The van der Waals surface area contributed by atoms with Crippen LogP contribution < -0.4 is 0 Å². The first-order chi connectivity index (χ1) is 6.88. The monoisotopic (exact) mass is 211 g/mol. The number of nitrogens with zero attached hydrogens (tertiary/aromatic N) is 1. The largest absolute Gasteiger partial charge is 0.343 e. The van der Waals surface area contributed by atoms with Gasteiger partial charge in [-0.05, 0) is 37.0 Å². The zero-order chi connectivity index (χ0) is 11.5. The molecule has 1 heterocycles. The van der Waals surface area contributed by atoms with E-state index in [9.17, 15) is 4.79 Å². The lowest BCUT2D eigenvalue weighted by Crippen LogP contribution is -2.38. The molecule has 0 radical (unpaired) electrons. The maximum atomic E-state index is 11.3. The van der Waals surface area contributed by atoms with Gasteiger partial charge in [-0.25, -0.2) is 0 Å². The van der Waals surface area contributed by atoms with Crippen molar-refractivity contribution in [3.05, 3.63) is 0 Å². The Morgan fingerprint density at radius 1 is 1.40 bits per heavy atom. The second-order valence-electron chi connectivity index (χ2n) is 6.07.